The highest BCUT2D eigenvalue weighted by atomic mass is 16.3. The van der Waals surface area contributed by atoms with E-state index in [1.54, 1.807) is 25.7 Å². The van der Waals surface area contributed by atoms with Gasteiger partial charge in [0.15, 0.2) is 0 Å². The smallest absolute Gasteiger partial charge is 0.00558 e. The second-order valence-electron chi connectivity index (χ2n) is 4.14. The van der Waals surface area contributed by atoms with Gasteiger partial charge in [0, 0.05) is 0 Å². The van der Waals surface area contributed by atoms with Gasteiger partial charge in [0.1, 0.15) is 0 Å². The standard InChI is InChI=1S/C11H22NO3/c1-5-11(7-14)12(8(2)6-13)9(3)10(4)15/h8-11H,5-7H2,1-4H3/q-3. The summed E-state index contributed by atoms with van der Waals surface area (Å²) in [6.45, 7) is 6.54. The molecule has 4 atom stereocenters. The van der Waals surface area contributed by atoms with Gasteiger partial charge < -0.3 is 15.3 Å². The fourth-order valence-corrected chi connectivity index (χ4v) is 1.84. The first-order chi connectivity index (χ1) is 6.99. The monoisotopic (exact) mass is 216 g/mol. The Hall–Kier alpha value is -0.160. The van der Waals surface area contributed by atoms with Crippen molar-refractivity contribution in [3.63, 3.8) is 0 Å². The van der Waals surface area contributed by atoms with Crippen LogP contribution in [0.25, 0.3) is 0 Å². The molecular weight excluding hydrogens is 194 g/mol. The summed E-state index contributed by atoms with van der Waals surface area (Å²) in [6.07, 6.45) is -0.0927. The normalized spacial score (nSPS) is 20.0. The maximum Gasteiger partial charge on any atom is -0.00558 e. The number of hydrogen-bond donors (Lipinski definition) is 0. The average molecular weight is 216 g/mol. The molecule has 92 valence electrons. The predicted molar refractivity (Wildman–Crippen MR) is 54.0 cm³/mol. The van der Waals surface area contributed by atoms with E-state index in [0.717, 1.165) is 0 Å². The van der Waals surface area contributed by atoms with Crippen molar-refractivity contribution < 1.29 is 15.3 Å². The molecule has 0 aromatic carbocycles. The van der Waals surface area contributed by atoms with Gasteiger partial charge >= 0.3 is 0 Å². The lowest BCUT2D eigenvalue weighted by molar-refractivity contribution is -0.434. The van der Waals surface area contributed by atoms with Crippen LogP contribution in [0.5, 0.6) is 0 Å². The molecule has 0 saturated heterocycles. The van der Waals surface area contributed by atoms with Gasteiger partial charge in [-0.2, -0.15) is 0 Å². The minimum atomic E-state index is -0.778. The first kappa shape index (κ1) is 14.8. The summed E-state index contributed by atoms with van der Waals surface area (Å²) >= 11 is 0. The lowest BCUT2D eigenvalue weighted by Gasteiger charge is -2.47. The summed E-state index contributed by atoms with van der Waals surface area (Å²) in [7, 11) is 0. The van der Waals surface area contributed by atoms with Crippen molar-refractivity contribution in [1.82, 2.24) is 4.90 Å². The molecule has 0 spiro atoms. The van der Waals surface area contributed by atoms with Crippen molar-refractivity contribution in [3.05, 3.63) is 0 Å². The minimum absolute atomic E-state index is 0.194. The Bertz CT molecular complexity index is 158. The Labute approximate surface area is 92.5 Å². The Kier molecular flexibility index (Phi) is 7.09. The van der Waals surface area contributed by atoms with Crippen molar-refractivity contribution in [1.29, 1.82) is 0 Å². The van der Waals surface area contributed by atoms with Crippen molar-refractivity contribution in [3.8, 4) is 0 Å². The van der Waals surface area contributed by atoms with Crippen LogP contribution in [0.3, 0.4) is 0 Å². The molecule has 0 radical (unpaired) electrons. The Morgan fingerprint density at radius 1 is 1.07 bits per heavy atom. The molecule has 0 N–H and O–H groups in total. The molecule has 15 heavy (non-hydrogen) atoms. The molecule has 0 aromatic heterocycles. The van der Waals surface area contributed by atoms with E-state index in [9.17, 15) is 15.3 Å². The van der Waals surface area contributed by atoms with Crippen molar-refractivity contribution in [2.45, 2.75) is 58.3 Å². The predicted octanol–water partition coefficient (Wildman–Crippen LogP) is -1.69. The van der Waals surface area contributed by atoms with Crippen LogP contribution in [-0.4, -0.2) is 42.3 Å². The largest absolute Gasteiger partial charge is 0.853 e. The van der Waals surface area contributed by atoms with Crippen LogP contribution in [0, 0.1) is 0 Å². The van der Waals surface area contributed by atoms with E-state index in [4.69, 9.17) is 0 Å². The highest BCUT2D eigenvalue weighted by molar-refractivity contribution is 4.81. The van der Waals surface area contributed by atoms with Crippen molar-refractivity contribution >= 4 is 0 Å². The maximum absolute atomic E-state index is 11.4. The average Bonchev–Trinajstić information content (AvgIpc) is 2.23. The topological polar surface area (TPSA) is 72.4 Å². The van der Waals surface area contributed by atoms with Gasteiger partial charge in [0.05, 0.1) is 0 Å². The zero-order valence-corrected chi connectivity index (χ0v) is 10.1. The van der Waals surface area contributed by atoms with Crippen LogP contribution in [0.2, 0.25) is 0 Å². The first-order valence-electron chi connectivity index (χ1n) is 5.58. The Morgan fingerprint density at radius 3 is 1.87 bits per heavy atom. The minimum Gasteiger partial charge on any atom is -0.853 e. The molecule has 4 unspecified atom stereocenters. The maximum atomic E-state index is 11.4. The van der Waals surface area contributed by atoms with Crippen LogP contribution in [-0.2, 0) is 0 Å². The lowest BCUT2D eigenvalue weighted by atomic mass is 10.0. The summed E-state index contributed by atoms with van der Waals surface area (Å²) in [5, 5.41) is 33.3. The van der Waals surface area contributed by atoms with E-state index in [0.29, 0.717) is 6.42 Å². The quantitative estimate of drug-likeness (QED) is 0.509. The molecule has 0 fully saturated rings. The fraction of sp³-hybridized carbons (Fsp3) is 1.00. The van der Waals surface area contributed by atoms with Gasteiger partial charge in [0.25, 0.3) is 0 Å². The molecule has 0 rings (SSSR count). The van der Waals surface area contributed by atoms with Crippen LogP contribution >= 0.6 is 0 Å². The van der Waals surface area contributed by atoms with Gasteiger partial charge in [-0.05, 0) is 24.5 Å². The van der Waals surface area contributed by atoms with Crippen molar-refractivity contribution in [2.75, 3.05) is 13.2 Å². The van der Waals surface area contributed by atoms with E-state index < -0.39 is 6.10 Å². The van der Waals surface area contributed by atoms with E-state index in [-0.39, 0.29) is 31.3 Å². The summed E-state index contributed by atoms with van der Waals surface area (Å²) in [4.78, 5) is 1.80. The lowest BCUT2D eigenvalue weighted by Crippen LogP contribution is -2.58. The number of hydrogen-bond acceptors (Lipinski definition) is 4. The number of nitrogens with zero attached hydrogens (tertiary/aromatic N) is 1. The molecule has 4 heteroatoms. The summed E-state index contributed by atoms with van der Waals surface area (Å²) < 4.78 is 0. The molecule has 0 amide bonds. The third-order valence-corrected chi connectivity index (χ3v) is 2.99. The van der Waals surface area contributed by atoms with Crippen molar-refractivity contribution in [2.24, 2.45) is 0 Å². The zero-order valence-electron chi connectivity index (χ0n) is 10.1. The summed E-state index contributed by atoms with van der Waals surface area (Å²) in [6, 6.07) is -0.691. The van der Waals surface area contributed by atoms with Gasteiger partial charge in [-0.3, -0.25) is 4.90 Å². The highest BCUT2D eigenvalue weighted by Gasteiger charge is 2.22. The molecule has 0 saturated carbocycles. The van der Waals surface area contributed by atoms with Crippen LogP contribution < -0.4 is 15.3 Å². The van der Waals surface area contributed by atoms with E-state index in [1.165, 1.54) is 0 Å². The van der Waals surface area contributed by atoms with E-state index in [1.807, 2.05) is 6.92 Å². The fourth-order valence-electron chi connectivity index (χ4n) is 1.84. The van der Waals surface area contributed by atoms with Crippen LogP contribution in [0.15, 0.2) is 0 Å². The van der Waals surface area contributed by atoms with Crippen LogP contribution in [0.4, 0.5) is 0 Å². The molecule has 0 aromatic rings. The van der Waals surface area contributed by atoms with Gasteiger partial charge in [-0.1, -0.05) is 27.7 Å². The van der Waals surface area contributed by atoms with Gasteiger partial charge in [0.2, 0.25) is 0 Å². The molecule has 0 bridgehead atoms. The van der Waals surface area contributed by atoms with Gasteiger partial charge in [-0.15, -0.1) is 19.3 Å². The number of rotatable bonds is 7. The molecule has 0 aliphatic heterocycles. The molecule has 0 aliphatic rings. The molecule has 0 heterocycles. The third kappa shape index (κ3) is 4.07. The van der Waals surface area contributed by atoms with Gasteiger partial charge in [-0.25, -0.2) is 0 Å². The zero-order chi connectivity index (χ0) is 12.0. The third-order valence-electron chi connectivity index (χ3n) is 2.99. The second-order valence-corrected chi connectivity index (χ2v) is 4.14. The Balaban J connectivity index is 4.69. The second kappa shape index (κ2) is 7.17. The SMILES string of the molecule is CCC(C[O-])N(C(C)C[O-])C(C)C(C)[O-]. The molecular formula is C11H22NO3-3. The van der Waals surface area contributed by atoms with E-state index in [2.05, 4.69) is 0 Å². The Morgan fingerprint density at radius 2 is 1.60 bits per heavy atom. The summed E-state index contributed by atoms with van der Waals surface area (Å²) in [5.74, 6) is 0. The summed E-state index contributed by atoms with van der Waals surface area (Å²) in [5.41, 5.74) is 0. The highest BCUT2D eigenvalue weighted by Crippen LogP contribution is 2.14. The first-order valence-corrected chi connectivity index (χ1v) is 5.58. The molecule has 0 aliphatic carbocycles. The molecule has 4 nitrogen and oxygen atoms in total. The van der Waals surface area contributed by atoms with E-state index >= 15 is 0 Å². The van der Waals surface area contributed by atoms with Crippen LogP contribution in [0.1, 0.15) is 34.1 Å².